The van der Waals surface area contributed by atoms with E-state index < -0.39 is 0 Å². The number of carbonyl (C=O) groups is 2. The van der Waals surface area contributed by atoms with Crippen LogP contribution in [0.5, 0.6) is 0 Å². The lowest BCUT2D eigenvalue weighted by molar-refractivity contribution is -0.135. The summed E-state index contributed by atoms with van der Waals surface area (Å²) >= 11 is 6.14. The van der Waals surface area contributed by atoms with Crippen molar-refractivity contribution in [1.29, 1.82) is 0 Å². The molecule has 3 rings (SSSR count). The van der Waals surface area contributed by atoms with Crippen LogP contribution in [0.2, 0.25) is 5.02 Å². The molecule has 0 aromatic heterocycles. The summed E-state index contributed by atoms with van der Waals surface area (Å²) < 4.78 is 0. The molecule has 2 aliphatic heterocycles. The number of rotatable bonds is 5. The van der Waals surface area contributed by atoms with Gasteiger partial charge >= 0.3 is 0 Å². The monoisotopic (exact) mass is 377 g/mol. The van der Waals surface area contributed by atoms with Gasteiger partial charge in [-0.3, -0.25) is 9.59 Å². The minimum absolute atomic E-state index is 0.0230. The highest BCUT2D eigenvalue weighted by Crippen LogP contribution is 2.39. The van der Waals surface area contributed by atoms with Gasteiger partial charge in [0.25, 0.3) is 0 Å². The molecule has 0 saturated carbocycles. The Bertz CT molecular complexity index is 681. The molecule has 0 unspecified atom stereocenters. The van der Waals surface area contributed by atoms with E-state index in [9.17, 15) is 9.59 Å². The van der Waals surface area contributed by atoms with Crippen LogP contribution in [0.25, 0.3) is 0 Å². The van der Waals surface area contributed by atoms with Crippen LogP contribution in [0.1, 0.15) is 31.4 Å². The Hall–Kier alpha value is -1.59. The van der Waals surface area contributed by atoms with E-state index in [4.69, 9.17) is 11.6 Å². The molecule has 0 N–H and O–H groups in total. The third-order valence-electron chi connectivity index (χ3n) is 5.80. The predicted octanol–water partition coefficient (Wildman–Crippen LogP) is 2.66. The van der Waals surface area contributed by atoms with E-state index >= 15 is 0 Å². The van der Waals surface area contributed by atoms with E-state index in [1.165, 1.54) is 0 Å². The highest BCUT2D eigenvalue weighted by molar-refractivity contribution is 6.30. The molecule has 2 aliphatic rings. The number of hydrogen-bond acceptors (Lipinski definition) is 3. The zero-order chi connectivity index (χ0) is 18.8. The van der Waals surface area contributed by atoms with Crippen LogP contribution in [0.4, 0.5) is 0 Å². The van der Waals surface area contributed by atoms with Gasteiger partial charge in [0, 0.05) is 38.1 Å². The van der Waals surface area contributed by atoms with Gasteiger partial charge < -0.3 is 14.7 Å². The smallest absolute Gasteiger partial charge is 0.228 e. The molecular formula is C20H28ClN3O2. The normalized spacial score (nSPS) is 26.2. The average molecular weight is 378 g/mol. The van der Waals surface area contributed by atoms with Gasteiger partial charge in [0.2, 0.25) is 11.8 Å². The van der Waals surface area contributed by atoms with Gasteiger partial charge in [-0.15, -0.1) is 0 Å². The van der Waals surface area contributed by atoms with Gasteiger partial charge in [0.15, 0.2) is 0 Å². The van der Waals surface area contributed by atoms with E-state index in [1.54, 1.807) is 11.9 Å². The van der Waals surface area contributed by atoms with Gasteiger partial charge in [0.05, 0.1) is 12.0 Å². The Balaban J connectivity index is 1.74. The highest BCUT2D eigenvalue weighted by Gasteiger charge is 2.45. The van der Waals surface area contributed by atoms with E-state index in [0.717, 1.165) is 38.2 Å². The van der Waals surface area contributed by atoms with Gasteiger partial charge in [-0.25, -0.2) is 0 Å². The van der Waals surface area contributed by atoms with Crippen molar-refractivity contribution < 1.29 is 9.59 Å². The fourth-order valence-electron chi connectivity index (χ4n) is 4.22. The van der Waals surface area contributed by atoms with Crippen molar-refractivity contribution in [1.82, 2.24) is 14.7 Å². The van der Waals surface area contributed by atoms with Crippen LogP contribution < -0.4 is 0 Å². The lowest BCUT2D eigenvalue weighted by Gasteiger charge is -2.28. The zero-order valence-electron chi connectivity index (χ0n) is 15.8. The summed E-state index contributed by atoms with van der Waals surface area (Å²) in [5.41, 5.74) is 0.936. The van der Waals surface area contributed by atoms with Crippen LogP contribution in [-0.4, -0.2) is 66.8 Å². The first-order valence-corrected chi connectivity index (χ1v) is 9.77. The Kier molecular flexibility index (Phi) is 5.88. The molecule has 2 fully saturated rings. The highest BCUT2D eigenvalue weighted by atomic mass is 35.5. The first kappa shape index (κ1) is 19.2. The topological polar surface area (TPSA) is 43.9 Å². The molecule has 2 amide bonds. The number of nitrogens with zero attached hydrogens (tertiary/aromatic N) is 3. The lowest BCUT2D eigenvalue weighted by atomic mass is 9.92. The number of halogens is 1. The summed E-state index contributed by atoms with van der Waals surface area (Å²) in [4.78, 5) is 31.5. The second-order valence-corrected chi connectivity index (χ2v) is 8.05. The summed E-state index contributed by atoms with van der Waals surface area (Å²) in [6.45, 7) is 5.76. The summed E-state index contributed by atoms with van der Waals surface area (Å²) in [5.74, 6) is 0.320. The molecule has 1 aromatic rings. The first-order valence-electron chi connectivity index (χ1n) is 9.39. The van der Waals surface area contributed by atoms with Crippen molar-refractivity contribution in [3.8, 4) is 0 Å². The SMILES string of the molecule is CCN(C)C[C@@H]1CCN(C(=O)[C@H]2CC(=O)N(C)[C@H]2c2cccc(Cl)c2)C1. The maximum atomic E-state index is 13.2. The summed E-state index contributed by atoms with van der Waals surface area (Å²) in [6, 6.07) is 7.28. The van der Waals surface area contributed by atoms with Crippen molar-refractivity contribution in [2.24, 2.45) is 11.8 Å². The molecule has 0 spiro atoms. The largest absolute Gasteiger partial charge is 0.342 e. The number of carbonyl (C=O) groups excluding carboxylic acids is 2. The van der Waals surface area contributed by atoms with Crippen LogP contribution in [0, 0.1) is 11.8 Å². The zero-order valence-corrected chi connectivity index (χ0v) is 16.6. The molecule has 26 heavy (non-hydrogen) atoms. The molecule has 142 valence electrons. The van der Waals surface area contributed by atoms with Crippen molar-refractivity contribution >= 4 is 23.4 Å². The van der Waals surface area contributed by atoms with Gasteiger partial charge in [-0.2, -0.15) is 0 Å². The van der Waals surface area contributed by atoms with Crippen molar-refractivity contribution in [2.75, 3.05) is 40.3 Å². The molecule has 2 saturated heterocycles. The molecule has 0 bridgehead atoms. The summed E-state index contributed by atoms with van der Waals surface area (Å²) in [5, 5.41) is 0.630. The molecule has 1 aromatic carbocycles. The lowest BCUT2D eigenvalue weighted by Crippen LogP contribution is -2.38. The maximum absolute atomic E-state index is 13.2. The Morgan fingerprint density at radius 2 is 2.15 bits per heavy atom. The Labute approximate surface area is 160 Å². The molecule has 6 heteroatoms. The Morgan fingerprint density at radius 3 is 2.85 bits per heavy atom. The third-order valence-corrected chi connectivity index (χ3v) is 6.04. The maximum Gasteiger partial charge on any atom is 0.228 e. The average Bonchev–Trinajstić information content (AvgIpc) is 3.19. The van der Waals surface area contributed by atoms with Gasteiger partial charge in [-0.1, -0.05) is 30.7 Å². The van der Waals surface area contributed by atoms with E-state index in [0.29, 0.717) is 10.9 Å². The third kappa shape index (κ3) is 3.89. The van der Waals surface area contributed by atoms with E-state index in [-0.39, 0.29) is 30.2 Å². The Morgan fingerprint density at radius 1 is 1.38 bits per heavy atom. The van der Waals surface area contributed by atoms with Crippen molar-refractivity contribution in [3.63, 3.8) is 0 Å². The van der Waals surface area contributed by atoms with E-state index in [1.807, 2.05) is 29.2 Å². The summed E-state index contributed by atoms with van der Waals surface area (Å²) in [6.07, 6.45) is 1.32. The predicted molar refractivity (Wildman–Crippen MR) is 103 cm³/mol. The summed E-state index contributed by atoms with van der Waals surface area (Å²) in [7, 11) is 3.90. The molecule has 2 heterocycles. The first-order chi connectivity index (χ1) is 12.4. The second-order valence-electron chi connectivity index (χ2n) is 7.61. The number of benzene rings is 1. The van der Waals surface area contributed by atoms with Crippen LogP contribution in [-0.2, 0) is 9.59 Å². The van der Waals surface area contributed by atoms with E-state index in [2.05, 4.69) is 18.9 Å². The fourth-order valence-corrected chi connectivity index (χ4v) is 4.42. The molecule has 5 nitrogen and oxygen atoms in total. The molecule has 3 atom stereocenters. The number of amides is 2. The minimum atomic E-state index is -0.325. The van der Waals surface area contributed by atoms with Crippen molar-refractivity contribution in [3.05, 3.63) is 34.9 Å². The number of hydrogen-bond donors (Lipinski definition) is 0. The fraction of sp³-hybridized carbons (Fsp3) is 0.600. The van der Waals surface area contributed by atoms with Crippen molar-refractivity contribution in [2.45, 2.75) is 25.8 Å². The quantitative estimate of drug-likeness (QED) is 0.792. The van der Waals surface area contributed by atoms with Gasteiger partial charge in [0.1, 0.15) is 0 Å². The molecule has 0 aliphatic carbocycles. The minimum Gasteiger partial charge on any atom is -0.342 e. The van der Waals surface area contributed by atoms with Gasteiger partial charge in [-0.05, 0) is 43.6 Å². The van der Waals surface area contributed by atoms with Crippen LogP contribution in [0.15, 0.2) is 24.3 Å². The van der Waals surface area contributed by atoms with Crippen LogP contribution >= 0.6 is 11.6 Å². The standard InChI is InChI=1S/C20H28ClN3O2/c1-4-22(2)12-14-8-9-24(13-14)20(26)17-11-18(25)23(3)19(17)15-6-5-7-16(21)10-15/h5-7,10,14,17,19H,4,8-9,11-13H2,1-3H3/t14-,17-,19-/m0/s1. The van der Waals surface area contributed by atoms with Crippen LogP contribution in [0.3, 0.4) is 0 Å². The number of likely N-dealkylation sites (tertiary alicyclic amines) is 2. The molecule has 0 radical (unpaired) electrons. The molecular weight excluding hydrogens is 350 g/mol. The second kappa shape index (κ2) is 7.97.